The molecule has 0 aromatic heterocycles. The first-order valence-electron chi connectivity index (χ1n) is 11.3. The first-order chi connectivity index (χ1) is 16.1. The number of hydrogen-bond acceptors (Lipinski definition) is 3. The van der Waals surface area contributed by atoms with Gasteiger partial charge in [0.05, 0.1) is 0 Å². The lowest BCUT2D eigenvalue weighted by Crippen LogP contribution is -2.24. The Labute approximate surface area is 204 Å². The molecule has 3 aromatic carbocycles. The summed E-state index contributed by atoms with van der Waals surface area (Å²) in [5, 5.41) is 6.23. The van der Waals surface area contributed by atoms with E-state index in [0.29, 0.717) is 10.7 Å². The van der Waals surface area contributed by atoms with Crippen molar-refractivity contribution in [2.75, 3.05) is 10.6 Å². The minimum absolute atomic E-state index is 0.108. The van der Waals surface area contributed by atoms with Gasteiger partial charge in [0, 0.05) is 27.2 Å². The van der Waals surface area contributed by atoms with Gasteiger partial charge in [0.25, 0.3) is 0 Å². The summed E-state index contributed by atoms with van der Waals surface area (Å²) in [6, 6.07) is 24.5. The SMILES string of the molecule is O=C(Nc1ccc(SC(C(=O)Nc2ccc(Cl)cc2)c2ccccc2)cc1)C1CCCCC1. The number of nitrogens with one attached hydrogen (secondary N) is 2. The van der Waals surface area contributed by atoms with Gasteiger partial charge in [-0.3, -0.25) is 9.59 Å². The van der Waals surface area contributed by atoms with Crippen LogP contribution in [-0.4, -0.2) is 11.8 Å². The van der Waals surface area contributed by atoms with Crippen LogP contribution in [0, 0.1) is 5.92 Å². The normalized spacial score (nSPS) is 14.9. The summed E-state index contributed by atoms with van der Waals surface area (Å²) in [5.41, 5.74) is 2.41. The van der Waals surface area contributed by atoms with Crippen LogP contribution in [0.2, 0.25) is 5.02 Å². The Hall–Kier alpha value is -2.76. The molecular formula is C27H27ClN2O2S. The van der Waals surface area contributed by atoms with Gasteiger partial charge in [-0.05, 0) is 66.9 Å². The van der Waals surface area contributed by atoms with Crippen LogP contribution in [0.15, 0.2) is 83.8 Å². The van der Waals surface area contributed by atoms with E-state index in [1.165, 1.54) is 18.2 Å². The van der Waals surface area contributed by atoms with Gasteiger partial charge >= 0.3 is 0 Å². The van der Waals surface area contributed by atoms with Crippen LogP contribution >= 0.6 is 23.4 Å². The maximum atomic E-state index is 13.2. The number of anilines is 2. The summed E-state index contributed by atoms with van der Waals surface area (Å²) < 4.78 is 0. The van der Waals surface area contributed by atoms with Crippen molar-refractivity contribution in [2.45, 2.75) is 42.2 Å². The molecule has 1 aliphatic rings. The van der Waals surface area contributed by atoms with Crippen molar-refractivity contribution in [2.24, 2.45) is 5.92 Å². The summed E-state index contributed by atoms with van der Waals surface area (Å²) in [4.78, 5) is 26.6. The molecule has 1 aliphatic carbocycles. The van der Waals surface area contributed by atoms with E-state index in [4.69, 9.17) is 11.6 Å². The van der Waals surface area contributed by atoms with Crippen LogP contribution in [0.25, 0.3) is 0 Å². The summed E-state index contributed by atoms with van der Waals surface area (Å²) in [5.74, 6) is 0.120. The summed E-state index contributed by atoms with van der Waals surface area (Å²) >= 11 is 7.44. The third-order valence-electron chi connectivity index (χ3n) is 5.80. The molecule has 33 heavy (non-hydrogen) atoms. The summed E-state index contributed by atoms with van der Waals surface area (Å²) in [7, 11) is 0. The molecule has 1 unspecified atom stereocenters. The van der Waals surface area contributed by atoms with Crippen LogP contribution in [0.3, 0.4) is 0 Å². The Bertz CT molecular complexity index is 1070. The standard InChI is InChI=1S/C27H27ClN2O2S/c28-21-11-13-22(14-12-21)30-27(32)25(19-7-3-1-4-8-19)33-24-17-15-23(16-18-24)29-26(31)20-9-5-2-6-10-20/h1,3-4,7-8,11-18,20,25H,2,5-6,9-10H2,(H,29,31)(H,30,32). The third-order valence-corrected chi connectivity index (χ3v) is 7.32. The first kappa shape index (κ1) is 23.4. The van der Waals surface area contributed by atoms with Crippen LogP contribution in [0.4, 0.5) is 11.4 Å². The van der Waals surface area contributed by atoms with Gasteiger partial charge in [0.1, 0.15) is 5.25 Å². The number of halogens is 1. The van der Waals surface area contributed by atoms with Crippen molar-refractivity contribution in [1.82, 2.24) is 0 Å². The highest BCUT2D eigenvalue weighted by atomic mass is 35.5. The number of amides is 2. The quantitative estimate of drug-likeness (QED) is 0.349. The summed E-state index contributed by atoms with van der Waals surface area (Å²) in [6.07, 6.45) is 5.44. The van der Waals surface area contributed by atoms with Crippen molar-refractivity contribution in [1.29, 1.82) is 0 Å². The zero-order valence-electron chi connectivity index (χ0n) is 18.3. The van der Waals surface area contributed by atoms with E-state index < -0.39 is 5.25 Å². The maximum absolute atomic E-state index is 13.2. The number of hydrogen-bond donors (Lipinski definition) is 2. The van der Waals surface area contributed by atoms with E-state index >= 15 is 0 Å². The van der Waals surface area contributed by atoms with Crippen molar-refractivity contribution in [3.63, 3.8) is 0 Å². The first-order valence-corrected chi connectivity index (χ1v) is 12.5. The molecule has 1 saturated carbocycles. The Morgan fingerprint density at radius 2 is 1.39 bits per heavy atom. The van der Waals surface area contributed by atoms with E-state index in [1.54, 1.807) is 24.3 Å². The molecule has 0 spiro atoms. The lowest BCUT2D eigenvalue weighted by Gasteiger charge is -2.21. The van der Waals surface area contributed by atoms with Gasteiger partial charge in [0.15, 0.2) is 0 Å². The largest absolute Gasteiger partial charge is 0.326 e. The fraction of sp³-hybridized carbons (Fsp3) is 0.259. The molecule has 6 heteroatoms. The van der Waals surface area contributed by atoms with Gasteiger partial charge in [0.2, 0.25) is 11.8 Å². The predicted molar refractivity (Wildman–Crippen MR) is 137 cm³/mol. The minimum Gasteiger partial charge on any atom is -0.326 e. The highest BCUT2D eigenvalue weighted by Gasteiger charge is 2.23. The lowest BCUT2D eigenvalue weighted by molar-refractivity contribution is -0.120. The molecule has 4 rings (SSSR count). The van der Waals surface area contributed by atoms with E-state index in [1.807, 2.05) is 54.6 Å². The zero-order chi connectivity index (χ0) is 23.0. The van der Waals surface area contributed by atoms with Gasteiger partial charge in [-0.15, -0.1) is 11.8 Å². The number of carbonyl (C=O) groups is 2. The Kier molecular flexibility index (Phi) is 8.08. The second kappa shape index (κ2) is 11.4. The molecule has 1 atom stereocenters. The van der Waals surface area contributed by atoms with Crippen molar-refractivity contribution in [3.05, 3.63) is 89.4 Å². The molecule has 4 nitrogen and oxygen atoms in total. The molecule has 170 valence electrons. The van der Waals surface area contributed by atoms with E-state index in [-0.39, 0.29) is 17.7 Å². The van der Waals surface area contributed by atoms with Crippen LogP contribution in [0.1, 0.15) is 42.9 Å². The molecule has 0 saturated heterocycles. The number of benzene rings is 3. The summed E-state index contributed by atoms with van der Waals surface area (Å²) in [6.45, 7) is 0. The molecule has 0 radical (unpaired) electrons. The second-order valence-electron chi connectivity index (χ2n) is 8.25. The Morgan fingerprint density at radius 3 is 2.06 bits per heavy atom. The minimum atomic E-state index is -0.426. The number of rotatable bonds is 7. The molecule has 2 N–H and O–H groups in total. The van der Waals surface area contributed by atoms with E-state index in [0.717, 1.165) is 41.8 Å². The topological polar surface area (TPSA) is 58.2 Å². The zero-order valence-corrected chi connectivity index (χ0v) is 19.9. The van der Waals surface area contributed by atoms with Gasteiger partial charge < -0.3 is 10.6 Å². The van der Waals surface area contributed by atoms with E-state index in [2.05, 4.69) is 10.6 Å². The van der Waals surface area contributed by atoms with Crippen molar-refractivity contribution >= 4 is 46.6 Å². The molecule has 0 bridgehead atoms. The molecule has 1 fully saturated rings. The Morgan fingerprint density at radius 1 is 0.788 bits per heavy atom. The van der Waals surface area contributed by atoms with Crippen molar-refractivity contribution in [3.8, 4) is 0 Å². The predicted octanol–water partition coefficient (Wildman–Crippen LogP) is 7.33. The average molecular weight is 479 g/mol. The van der Waals surface area contributed by atoms with Crippen LogP contribution < -0.4 is 10.6 Å². The second-order valence-corrected chi connectivity index (χ2v) is 9.87. The van der Waals surface area contributed by atoms with Crippen LogP contribution in [-0.2, 0) is 9.59 Å². The Balaban J connectivity index is 1.45. The average Bonchev–Trinajstić information content (AvgIpc) is 2.86. The molecular weight excluding hydrogens is 452 g/mol. The van der Waals surface area contributed by atoms with Crippen molar-refractivity contribution < 1.29 is 9.59 Å². The molecule has 0 aliphatic heterocycles. The fourth-order valence-corrected chi connectivity index (χ4v) is 5.15. The van der Waals surface area contributed by atoms with E-state index in [9.17, 15) is 9.59 Å². The van der Waals surface area contributed by atoms with Gasteiger partial charge in [-0.2, -0.15) is 0 Å². The molecule has 3 aromatic rings. The van der Waals surface area contributed by atoms with Gasteiger partial charge in [-0.25, -0.2) is 0 Å². The monoisotopic (exact) mass is 478 g/mol. The number of carbonyl (C=O) groups excluding carboxylic acids is 2. The maximum Gasteiger partial charge on any atom is 0.242 e. The fourth-order valence-electron chi connectivity index (χ4n) is 4.00. The molecule has 0 heterocycles. The number of thioether (sulfide) groups is 1. The third kappa shape index (κ3) is 6.62. The highest BCUT2D eigenvalue weighted by molar-refractivity contribution is 8.00. The van der Waals surface area contributed by atoms with Gasteiger partial charge in [-0.1, -0.05) is 61.2 Å². The highest BCUT2D eigenvalue weighted by Crippen LogP contribution is 2.37. The lowest BCUT2D eigenvalue weighted by atomic mass is 9.88. The molecule has 2 amide bonds. The smallest absolute Gasteiger partial charge is 0.242 e. The van der Waals surface area contributed by atoms with Crippen LogP contribution in [0.5, 0.6) is 0 Å².